The Labute approximate surface area is 191 Å². The number of pyridine rings is 1. The van der Waals surface area contributed by atoms with E-state index >= 15 is 0 Å². The lowest BCUT2D eigenvalue weighted by molar-refractivity contribution is 0.0786. The van der Waals surface area contributed by atoms with Crippen LogP contribution in [0.15, 0.2) is 53.6 Å². The summed E-state index contributed by atoms with van der Waals surface area (Å²) in [5.41, 5.74) is 2.87. The summed E-state index contributed by atoms with van der Waals surface area (Å²) in [6, 6.07) is 10.5. The van der Waals surface area contributed by atoms with Crippen LogP contribution in [0.2, 0.25) is 10.2 Å². The third-order valence-electron chi connectivity index (χ3n) is 5.15. The van der Waals surface area contributed by atoms with E-state index in [1.807, 2.05) is 18.2 Å². The molecule has 3 heterocycles. The molecule has 2 aromatic heterocycles. The molecule has 0 spiro atoms. The van der Waals surface area contributed by atoms with Gasteiger partial charge in [0.1, 0.15) is 5.69 Å². The maximum absolute atomic E-state index is 12.0. The number of rotatable bonds is 5. The zero-order chi connectivity index (χ0) is 22.0. The van der Waals surface area contributed by atoms with Gasteiger partial charge in [-0.3, -0.25) is 4.98 Å². The van der Waals surface area contributed by atoms with Gasteiger partial charge in [0.15, 0.2) is 20.8 Å². The second-order valence-electron chi connectivity index (χ2n) is 7.41. The van der Waals surface area contributed by atoms with Gasteiger partial charge in [0, 0.05) is 31.2 Å². The Morgan fingerprint density at radius 1 is 1.19 bits per heavy atom. The van der Waals surface area contributed by atoms with Crippen molar-refractivity contribution in [1.29, 1.82) is 0 Å². The zero-order valence-electron chi connectivity index (χ0n) is 16.8. The van der Waals surface area contributed by atoms with Gasteiger partial charge >= 0.3 is 0 Å². The van der Waals surface area contributed by atoms with Crippen LogP contribution in [0.1, 0.15) is 24.1 Å². The van der Waals surface area contributed by atoms with E-state index in [1.54, 1.807) is 18.3 Å². The number of ether oxygens (including phenoxy) is 1. The molecule has 1 aliphatic heterocycles. The fourth-order valence-electron chi connectivity index (χ4n) is 3.57. The first-order valence-electron chi connectivity index (χ1n) is 9.80. The molecular weight excluding hydrogens is 457 g/mol. The van der Waals surface area contributed by atoms with E-state index in [1.165, 1.54) is 6.07 Å². The predicted octanol–water partition coefficient (Wildman–Crippen LogP) is 5.04. The highest BCUT2D eigenvalue weighted by atomic mass is 35.5. The molecule has 9 heteroatoms. The van der Waals surface area contributed by atoms with Gasteiger partial charge in [-0.2, -0.15) is 0 Å². The maximum atomic E-state index is 12.0. The van der Waals surface area contributed by atoms with E-state index in [0.717, 1.165) is 30.2 Å². The number of nitrogens with one attached hydrogen (secondary N) is 1. The second-order valence-corrected chi connectivity index (χ2v) is 10.2. The van der Waals surface area contributed by atoms with Crippen LogP contribution < -0.4 is 0 Å². The lowest BCUT2D eigenvalue weighted by Crippen LogP contribution is -2.14. The maximum Gasteiger partial charge on any atom is 0.176 e. The van der Waals surface area contributed by atoms with E-state index in [9.17, 15) is 8.42 Å². The van der Waals surface area contributed by atoms with E-state index in [4.69, 9.17) is 27.9 Å². The lowest BCUT2D eigenvalue weighted by Gasteiger charge is -2.20. The van der Waals surface area contributed by atoms with Gasteiger partial charge < -0.3 is 9.72 Å². The lowest BCUT2D eigenvalue weighted by atomic mass is 9.93. The van der Waals surface area contributed by atoms with Crippen molar-refractivity contribution in [3.63, 3.8) is 0 Å². The summed E-state index contributed by atoms with van der Waals surface area (Å²) in [6.07, 6.45) is 6.73. The summed E-state index contributed by atoms with van der Waals surface area (Å²) in [5, 5.41) is 0.473. The second kappa shape index (κ2) is 9.12. The van der Waals surface area contributed by atoms with Gasteiger partial charge in [-0.1, -0.05) is 41.4 Å². The third-order valence-corrected chi connectivity index (χ3v) is 7.00. The summed E-state index contributed by atoms with van der Waals surface area (Å²) in [7, 11) is -3.43. The number of benzene rings is 1. The van der Waals surface area contributed by atoms with Crippen LogP contribution in [-0.2, 0) is 14.6 Å². The third kappa shape index (κ3) is 5.01. The van der Waals surface area contributed by atoms with E-state index in [0.29, 0.717) is 35.6 Å². The summed E-state index contributed by atoms with van der Waals surface area (Å²) in [5.74, 6) is 0.840. The van der Waals surface area contributed by atoms with Gasteiger partial charge in [-0.25, -0.2) is 13.4 Å². The minimum atomic E-state index is -3.43. The van der Waals surface area contributed by atoms with Crippen molar-refractivity contribution in [3.8, 4) is 11.5 Å². The van der Waals surface area contributed by atoms with Crippen LogP contribution in [0, 0.1) is 5.92 Å². The number of sulfone groups is 1. The molecule has 0 unspecified atom stereocenters. The zero-order valence-corrected chi connectivity index (χ0v) is 19.1. The molecular formula is C22H21Cl2N3O3S. The number of hydrogen-bond acceptors (Lipinski definition) is 5. The Hall–Kier alpha value is -2.19. The summed E-state index contributed by atoms with van der Waals surface area (Å²) >= 11 is 12.9. The first-order valence-corrected chi connectivity index (χ1v) is 12.4. The van der Waals surface area contributed by atoms with Crippen LogP contribution in [-0.4, -0.2) is 42.8 Å². The Bertz CT molecular complexity index is 1220. The van der Waals surface area contributed by atoms with Crippen LogP contribution in [0.3, 0.4) is 0 Å². The van der Waals surface area contributed by atoms with Crippen molar-refractivity contribution in [2.24, 2.45) is 5.92 Å². The average Bonchev–Trinajstić information content (AvgIpc) is 3.14. The van der Waals surface area contributed by atoms with Crippen LogP contribution in [0.4, 0.5) is 0 Å². The largest absolute Gasteiger partial charge is 0.381 e. The van der Waals surface area contributed by atoms with Crippen molar-refractivity contribution in [1.82, 2.24) is 15.0 Å². The number of hydrogen-bond donors (Lipinski definition) is 1. The molecule has 0 saturated carbocycles. The number of nitrogens with zero attached hydrogens (tertiary/aromatic N) is 2. The molecule has 162 valence electrons. The van der Waals surface area contributed by atoms with Crippen molar-refractivity contribution in [2.45, 2.75) is 17.7 Å². The molecule has 1 saturated heterocycles. The highest BCUT2D eigenvalue weighted by Gasteiger charge is 2.21. The van der Waals surface area contributed by atoms with Gasteiger partial charge in [0.25, 0.3) is 0 Å². The minimum Gasteiger partial charge on any atom is -0.381 e. The number of halogens is 2. The van der Waals surface area contributed by atoms with Gasteiger partial charge in [-0.05, 0) is 48.6 Å². The fourth-order valence-corrected chi connectivity index (χ4v) is 5.13. The van der Waals surface area contributed by atoms with Gasteiger partial charge in [0.2, 0.25) is 0 Å². The quantitative estimate of drug-likeness (QED) is 0.556. The molecule has 0 amide bonds. The molecule has 0 atom stereocenters. The number of H-pyrrole nitrogens is 1. The molecule has 0 aliphatic carbocycles. The van der Waals surface area contributed by atoms with Gasteiger partial charge in [-0.15, -0.1) is 0 Å². The van der Waals surface area contributed by atoms with Crippen LogP contribution in [0.5, 0.6) is 0 Å². The van der Waals surface area contributed by atoms with Crippen LogP contribution >= 0.6 is 23.2 Å². The Kier molecular flexibility index (Phi) is 6.48. The number of aromatic amines is 1. The molecule has 1 N–H and O–H groups in total. The molecule has 6 nitrogen and oxygen atoms in total. The predicted molar refractivity (Wildman–Crippen MR) is 122 cm³/mol. The van der Waals surface area contributed by atoms with E-state index < -0.39 is 9.84 Å². The highest BCUT2D eigenvalue weighted by molar-refractivity contribution is 7.90. The fraction of sp³-hybridized carbons (Fsp3) is 0.273. The number of aromatic nitrogens is 3. The smallest absolute Gasteiger partial charge is 0.176 e. The first kappa shape index (κ1) is 22.0. The molecule has 0 radical (unpaired) electrons. The standard InChI is InChI=1S/C22H21Cl2N3O3S/c1-31(28,29)19-6-5-15(13-17(19)23)16(12-14-7-10-30-11-8-14)20-21(24)27-22(26-20)18-4-2-3-9-25-18/h2-6,9,12-14H,7-8,10-11H2,1H3,(H,26,27). The molecule has 4 rings (SSSR count). The molecule has 0 bridgehead atoms. The highest BCUT2D eigenvalue weighted by Crippen LogP contribution is 2.35. The number of imidazole rings is 1. The van der Waals surface area contributed by atoms with Gasteiger partial charge in [0.05, 0.1) is 15.6 Å². The molecule has 31 heavy (non-hydrogen) atoms. The normalized spacial score (nSPS) is 15.9. The minimum absolute atomic E-state index is 0.0909. The molecule has 3 aromatic rings. The summed E-state index contributed by atoms with van der Waals surface area (Å²) in [4.78, 5) is 12.2. The SMILES string of the molecule is CS(=O)(=O)c1ccc(C(=CC2CCOCC2)c2[nH]c(-c3ccccn3)nc2Cl)cc1Cl. The average molecular weight is 478 g/mol. The number of allylic oxidation sites excluding steroid dienone is 1. The summed E-state index contributed by atoms with van der Waals surface area (Å²) < 4.78 is 29.4. The summed E-state index contributed by atoms with van der Waals surface area (Å²) in [6.45, 7) is 1.39. The van der Waals surface area contributed by atoms with Crippen molar-refractivity contribution < 1.29 is 13.2 Å². The Morgan fingerprint density at radius 3 is 2.61 bits per heavy atom. The molecule has 1 fully saturated rings. The molecule has 1 aromatic carbocycles. The van der Waals surface area contributed by atoms with Crippen LogP contribution in [0.25, 0.3) is 17.1 Å². The molecule has 1 aliphatic rings. The Morgan fingerprint density at radius 2 is 1.97 bits per heavy atom. The van der Waals surface area contributed by atoms with E-state index in [-0.39, 0.29) is 15.8 Å². The van der Waals surface area contributed by atoms with Crippen molar-refractivity contribution in [2.75, 3.05) is 19.5 Å². The monoisotopic (exact) mass is 477 g/mol. The first-order chi connectivity index (χ1) is 14.8. The van der Waals surface area contributed by atoms with Crippen molar-refractivity contribution >= 4 is 38.6 Å². The topological polar surface area (TPSA) is 84.9 Å². The van der Waals surface area contributed by atoms with E-state index in [2.05, 4.69) is 21.0 Å². The van der Waals surface area contributed by atoms with Crippen molar-refractivity contribution in [3.05, 3.63) is 70.1 Å². The Balaban J connectivity index is 1.82.